The van der Waals surface area contributed by atoms with E-state index in [1.807, 2.05) is 24.3 Å². The molecule has 1 atom stereocenters. The Morgan fingerprint density at radius 1 is 0.397 bits per heavy atom. The van der Waals surface area contributed by atoms with Crippen LogP contribution in [0.15, 0.2) is 218 Å². The average Bonchev–Trinajstić information content (AvgIpc) is 3.45. The number of benzene rings is 8. The number of nitrogens with zero attached hydrogens (tertiary/aromatic N) is 3. The Kier molecular flexibility index (Phi) is 9.57. The molecule has 0 amide bonds. The molecule has 0 bridgehead atoms. The molecule has 1 fully saturated rings. The van der Waals surface area contributed by atoms with Gasteiger partial charge in [0, 0.05) is 27.8 Å². The quantitative estimate of drug-likeness (QED) is 0.153. The zero-order valence-electron chi connectivity index (χ0n) is 32.3. The number of hydrogen-bond donors (Lipinski definition) is 0. The summed E-state index contributed by atoms with van der Waals surface area (Å²) in [5.74, 6) is 2.43. The average molecular weight is 763 g/mol. The van der Waals surface area contributed by atoms with Crippen LogP contribution in [-0.4, -0.2) is 30.0 Å². The number of ether oxygens (including phenoxy) is 1. The van der Waals surface area contributed by atoms with Gasteiger partial charge in [0.05, 0.1) is 0 Å². The van der Waals surface area contributed by atoms with E-state index >= 15 is 0 Å². The molecule has 9 heteroatoms. The van der Waals surface area contributed by atoms with Crippen LogP contribution in [0.4, 0.5) is 17.1 Å². The fourth-order valence-electron chi connectivity index (χ4n) is 8.74. The second kappa shape index (κ2) is 15.6. The summed E-state index contributed by atoms with van der Waals surface area (Å²) in [7, 11) is -1.84. The summed E-state index contributed by atoms with van der Waals surface area (Å²) in [6.45, 7) is 1.58. The predicted octanol–water partition coefficient (Wildman–Crippen LogP) is 8.12. The highest BCUT2D eigenvalue weighted by molar-refractivity contribution is 7.14. The molecule has 58 heavy (non-hydrogen) atoms. The molecule has 2 aliphatic rings. The molecule has 0 radical (unpaired) electrons. The molecular formula is C49H40B3N3O2Si. The third-order valence-corrected chi connectivity index (χ3v) is 13.2. The van der Waals surface area contributed by atoms with E-state index in [0.717, 1.165) is 50.6 Å². The van der Waals surface area contributed by atoms with E-state index in [9.17, 15) is 0 Å². The van der Waals surface area contributed by atoms with Gasteiger partial charge >= 0.3 is 20.9 Å². The molecule has 0 aromatic heterocycles. The lowest BCUT2D eigenvalue weighted by Gasteiger charge is -2.57. The third-order valence-electron chi connectivity index (χ3n) is 11.3. The lowest BCUT2D eigenvalue weighted by atomic mass is 9.37. The van der Waals surface area contributed by atoms with Crippen molar-refractivity contribution in [1.82, 2.24) is 0 Å². The number of fused-ring (bicyclic) bond motifs is 2. The van der Waals surface area contributed by atoms with E-state index < -0.39 is 9.04 Å². The maximum atomic E-state index is 6.82. The molecule has 8 aromatic rings. The Hall–Kier alpha value is -6.83. The van der Waals surface area contributed by atoms with E-state index in [2.05, 4.69) is 215 Å². The Morgan fingerprint density at radius 3 is 1.33 bits per heavy atom. The molecule has 5 nitrogen and oxygen atoms in total. The van der Waals surface area contributed by atoms with E-state index in [-0.39, 0.29) is 20.9 Å². The first-order valence-electron chi connectivity index (χ1n) is 20.0. The molecule has 1 saturated heterocycles. The smallest absolute Gasteiger partial charge is 0.388 e. The van der Waals surface area contributed by atoms with Crippen molar-refractivity contribution in [2.45, 2.75) is 6.55 Å². The molecule has 1 unspecified atom stereocenters. The SMILES string of the molecule is C[SiH]1Oc2ccccc2Oc2c(-c3cccc(N4B(c5ccccc5)N(c5ccccc5)B(c5ccccc5)N(c5ccccc5)B4c4ccccc4)c3)cccc21. The van der Waals surface area contributed by atoms with Crippen LogP contribution in [0.1, 0.15) is 0 Å². The topological polar surface area (TPSA) is 28.2 Å². The monoisotopic (exact) mass is 763 g/mol. The molecule has 276 valence electrons. The van der Waals surface area contributed by atoms with Crippen LogP contribution in [0.3, 0.4) is 0 Å². The van der Waals surface area contributed by atoms with E-state index in [4.69, 9.17) is 9.16 Å². The van der Waals surface area contributed by atoms with Crippen molar-refractivity contribution in [2.75, 3.05) is 14.2 Å². The van der Waals surface area contributed by atoms with Crippen molar-refractivity contribution in [3.63, 3.8) is 0 Å². The van der Waals surface area contributed by atoms with Gasteiger partial charge in [-0.3, -0.25) is 0 Å². The summed E-state index contributed by atoms with van der Waals surface area (Å²) >= 11 is 0. The first-order chi connectivity index (χ1) is 28.7. The summed E-state index contributed by atoms with van der Waals surface area (Å²) < 4.78 is 21.2. The highest BCUT2D eigenvalue weighted by Crippen LogP contribution is 2.41. The van der Waals surface area contributed by atoms with E-state index in [0.29, 0.717) is 0 Å². The Labute approximate surface area is 343 Å². The first-order valence-corrected chi connectivity index (χ1v) is 22.2. The van der Waals surface area contributed by atoms with Crippen LogP contribution in [0.25, 0.3) is 11.1 Å². The molecule has 0 spiro atoms. The van der Waals surface area contributed by atoms with Crippen molar-refractivity contribution in [3.05, 3.63) is 218 Å². The molecule has 0 N–H and O–H groups in total. The highest BCUT2D eigenvalue weighted by Gasteiger charge is 2.55. The number of hydrogen-bond acceptors (Lipinski definition) is 5. The number of rotatable bonds is 7. The molecule has 2 aliphatic heterocycles. The van der Waals surface area contributed by atoms with Gasteiger partial charge in [-0.2, -0.15) is 0 Å². The fraction of sp³-hybridized carbons (Fsp3) is 0.0204. The summed E-state index contributed by atoms with van der Waals surface area (Å²) in [5, 5.41) is 1.15. The van der Waals surface area contributed by atoms with E-state index in [1.165, 1.54) is 16.4 Å². The predicted molar refractivity (Wildman–Crippen MR) is 247 cm³/mol. The lowest BCUT2D eigenvalue weighted by Crippen LogP contribution is -2.86. The zero-order valence-corrected chi connectivity index (χ0v) is 33.4. The molecule has 0 aliphatic carbocycles. The summed E-state index contributed by atoms with van der Waals surface area (Å²) in [6, 6.07) is 78.2. The Balaban J connectivity index is 1.25. The van der Waals surface area contributed by atoms with Gasteiger partial charge in [0.15, 0.2) is 5.75 Å². The maximum Gasteiger partial charge on any atom is 0.388 e. The van der Waals surface area contributed by atoms with Gasteiger partial charge in [0.1, 0.15) is 11.5 Å². The first kappa shape index (κ1) is 35.6. The molecule has 0 saturated carbocycles. The minimum atomic E-state index is -1.84. The maximum absolute atomic E-state index is 6.82. The standard InChI is InChI=1S/C49H40B3N3O2Si/c1-58-48-36-20-33-45(49(48)56-46-34-17-18-35-47(46)57-58)38-21-19-32-44(37-38)55-51(40-24-9-3-10-25-40)53(42-28-13-5-14-29-42)50(39-22-7-2-8-23-39)54(43-30-15-6-16-31-43)52(55)41-26-11-4-12-27-41/h2-37,58H,1H3. The minimum absolute atomic E-state index is 0.189. The van der Waals surface area contributed by atoms with Crippen LogP contribution in [0.5, 0.6) is 17.2 Å². The normalized spacial score (nSPS) is 14.9. The second-order valence-corrected chi connectivity index (χ2v) is 17.0. The van der Waals surface area contributed by atoms with E-state index in [1.54, 1.807) is 0 Å². The van der Waals surface area contributed by atoms with Crippen molar-refractivity contribution in [3.8, 4) is 28.4 Å². The van der Waals surface area contributed by atoms with Gasteiger partial charge in [-0.15, -0.1) is 0 Å². The fourth-order valence-corrected chi connectivity index (χ4v) is 10.4. The summed E-state index contributed by atoms with van der Waals surface area (Å²) in [5.41, 5.74) is 9.05. The number of para-hydroxylation sites is 5. The third kappa shape index (κ3) is 6.53. The Bertz CT molecular complexity index is 2560. The molecule has 10 rings (SSSR count). The largest absolute Gasteiger partial charge is 0.540 e. The van der Waals surface area contributed by atoms with Crippen LogP contribution in [-0.2, 0) is 0 Å². The zero-order chi connectivity index (χ0) is 38.8. The van der Waals surface area contributed by atoms with Gasteiger partial charge in [-0.25, -0.2) is 0 Å². The van der Waals surface area contributed by atoms with Crippen molar-refractivity contribution < 1.29 is 9.16 Å². The van der Waals surface area contributed by atoms with Gasteiger partial charge in [0.2, 0.25) is 0 Å². The summed E-state index contributed by atoms with van der Waals surface area (Å²) in [6.07, 6.45) is 0. The highest BCUT2D eigenvalue weighted by atomic mass is 28.3. The van der Waals surface area contributed by atoms with Crippen molar-refractivity contribution >= 4 is 68.6 Å². The molecule has 2 heterocycles. The van der Waals surface area contributed by atoms with Gasteiger partial charge < -0.3 is 23.3 Å². The van der Waals surface area contributed by atoms with Crippen LogP contribution < -0.4 is 44.9 Å². The van der Waals surface area contributed by atoms with Gasteiger partial charge in [0.25, 0.3) is 9.04 Å². The second-order valence-electron chi connectivity index (χ2n) is 14.8. The lowest BCUT2D eigenvalue weighted by molar-refractivity contribution is 0.466. The van der Waals surface area contributed by atoms with Crippen LogP contribution in [0.2, 0.25) is 6.55 Å². The molecule has 8 aromatic carbocycles. The van der Waals surface area contributed by atoms with Crippen molar-refractivity contribution in [2.24, 2.45) is 0 Å². The van der Waals surface area contributed by atoms with Crippen molar-refractivity contribution in [1.29, 1.82) is 0 Å². The minimum Gasteiger partial charge on any atom is -0.540 e. The van der Waals surface area contributed by atoms with Crippen LogP contribution >= 0.6 is 0 Å². The Morgan fingerprint density at radius 2 is 0.810 bits per heavy atom. The van der Waals surface area contributed by atoms with Gasteiger partial charge in [-0.05, 0) is 77.0 Å². The summed E-state index contributed by atoms with van der Waals surface area (Å²) in [4.78, 5) is 0. The number of anilines is 3. The molecular weight excluding hydrogens is 723 g/mol. The van der Waals surface area contributed by atoms with Crippen LogP contribution in [0, 0.1) is 0 Å². The van der Waals surface area contributed by atoms with Gasteiger partial charge in [-0.1, -0.05) is 170 Å².